The molecule has 0 spiro atoms. The number of sulfone groups is 1. The Bertz CT molecular complexity index is 1540. The summed E-state index contributed by atoms with van der Waals surface area (Å²) in [5, 5.41) is 12.0. The summed E-state index contributed by atoms with van der Waals surface area (Å²) in [6, 6.07) is 0. The van der Waals surface area contributed by atoms with E-state index in [-0.39, 0.29) is 13.0 Å². The van der Waals surface area contributed by atoms with Crippen LogP contribution in [0, 0.1) is 5.92 Å². The van der Waals surface area contributed by atoms with E-state index in [0.717, 1.165) is 12.8 Å². The summed E-state index contributed by atoms with van der Waals surface area (Å²) in [5.41, 5.74) is -2.46. The first kappa shape index (κ1) is 32.7. The van der Waals surface area contributed by atoms with Crippen LogP contribution in [-0.4, -0.2) is 93.9 Å². The van der Waals surface area contributed by atoms with Gasteiger partial charge in [0.2, 0.25) is 16.7 Å². The van der Waals surface area contributed by atoms with E-state index in [1.54, 1.807) is 0 Å². The highest BCUT2D eigenvalue weighted by atomic mass is 32.2. The number of ether oxygens (including phenoxy) is 5. The van der Waals surface area contributed by atoms with E-state index in [1.807, 2.05) is 0 Å². The van der Waals surface area contributed by atoms with Crippen LogP contribution in [0.4, 0.5) is 19.1 Å². The zero-order valence-electron chi connectivity index (χ0n) is 23.9. The molecule has 5 heterocycles. The number of nitrogens with two attached hydrogens (primary N) is 1. The molecule has 2 aromatic rings. The van der Waals surface area contributed by atoms with Gasteiger partial charge in [-0.25, -0.2) is 13.4 Å². The number of hydrogen-bond acceptors (Lipinski definition) is 13. The Hall–Kier alpha value is -2.68. The molecule has 44 heavy (non-hydrogen) atoms. The van der Waals surface area contributed by atoms with Crippen molar-refractivity contribution >= 4 is 32.7 Å². The maximum absolute atomic E-state index is 14.4. The van der Waals surface area contributed by atoms with Crippen molar-refractivity contribution in [3.05, 3.63) is 16.2 Å². The van der Waals surface area contributed by atoms with Crippen LogP contribution < -0.4 is 11.3 Å². The van der Waals surface area contributed by atoms with Crippen molar-refractivity contribution in [2.75, 3.05) is 25.6 Å². The van der Waals surface area contributed by atoms with Crippen LogP contribution in [0.15, 0.2) is 4.79 Å². The minimum absolute atomic E-state index is 0.175. The number of aromatic nitrogens is 4. The second-order valence-electron chi connectivity index (χ2n) is 11.2. The minimum Gasteiger partial charge on any atom is -0.369 e. The third-order valence-corrected chi connectivity index (χ3v) is 9.61. The normalized spacial score (nSPS) is 30.3. The Labute approximate surface area is 249 Å². The number of H-pyrrole nitrogens is 1. The van der Waals surface area contributed by atoms with Crippen molar-refractivity contribution in [3.63, 3.8) is 0 Å². The number of aromatic amines is 1. The average molecular weight is 654 g/mol. The van der Waals surface area contributed by atoms with E-state index in [4.69, 9.17) is 29.4 Å². The van der Waals surface area contributed by atoms with Crippen molar-refractivity contribution in [1.82, 2.24) is 19.5 Å². The topological polar surface area (TPSA) is 207 Å². The molecule has 19 heteroatoms. The summed E-state index contributed by atoms with van der Waals surface area (Å²) in [6.07, 6.45) is -5.19. The van der Waals surface area contributed by atoms with E-state index < -0.39 is 98.1 Å². The van der Waals surface area contributed by atoms with Gasteiger partial charge in [0.1, 0.15) is 12.2 Å². The average Bonchev–Trinajstić information content (AvgIpc) is 3.47. The number of halogens is 3. The van der Waals surface area contributed by atoms with Gasteiger partial charge in [0, 0.05) is 19.1 Å². The van der Waals surface area contributed by atoms with Gasteiger partial charge in [0.15, 0.2) is 35.8 Å². The molecule has 2 aromatic heterocycles. The zero-order valence-corrected chi connectivity index (χ0v) is 24.7. The molecule has 3 fully saturated rings. The summed E-state index contributed by atoms with van der Waals surface area (Å²) in [4.78, 5) is 32.1. The smallest absolute Gasteiger partial charge is 0.369 e. The van der Waals surface area contributed by atoms with Gasteiger partial charge in [-0.15, -0.1) is 0 Å². The fraction of sp³-hybridized carbons (Fsp3) is 0.760. The zero-order chi connectivity index (χ0) is 32.0. The molecule has 0 saturated carbocycles. The quantitative estimate of drug-likeness (QED) is 0.329. The van der Waals surface area contributed by atoms with Crippen molar-refractivity contribution in [2.24, 2.45) is 5.92 Å². The third kappa shape index (κ3) is 5.74. The lowest BCUT2D eigenvalue weighted by Gasteiger charge is -2.36. The summed E-state index contributed by atoms with van der Waals surface area (Å²) >= 11 is 0. The Morgan fingerprint density at radius 2 is 1.80 bits per heavy atom. The Morgan fingerprint density at radius 3 is 2.36 bits per heavy atom. The number of nitrogens with zero attached hydrogens (tertiary/aromatic N) is 3. The maximum atomic E-state index is 14.4. The molecule has 3 saturated heterocycles. The second kappa shape index (κ2) is 12.3. The Kier molecular flexibility index (Phi) is 9.11. The van der Waals surface area contributed by atoms with Crippen LogP contribution in [0.2, 0.25) is 0 Å². The Balaban J connectivity index is 1.72. The van der Waals surface area contributed by atoms with Crippen LogP contribution >= 0.6 is 0 Å². The molecule has 2 unspecified atom stereocenters. The molecular weight excluding hydrogens is 619 g/mol. The van der Waals surface area contributed by atoms with Crippen molar-refractivity contribution < 1.29 is 55.2 Å². The molecule has 15 nitrogen and oxygen atoms in total. The summed E-state index contributed by atoms with van der Waals surface area (Å²) in [5.74, 6) is -2.88. The molecule has 0 aromatic carbocycles. The summed E-state index contributed by atoms with van der Waals surface area (Å²) < 4.78 is 99.1. The van der Waals surface area contributed by atoms with Gasteiger partial charge in [-0.3, -0.25) is 19.1 Å². The van der Waals surface area contributed by atoms with Crippen molar-refractivity contribution in [2.45, 2.75) is 93.8 Å². The van der Waals surface area contributed by atoms with E-state index >= 15 is 0 Å². The van der Waals surface area contributed by atoms with Crippen LogP contribution in [0.1, 0.15) is 69.2 Å². The molecule has 0 amide bonds. The predicted molar refractivity (Wildman–Crippen MR) is 144 cm³/mol. The van der Waals surface area contributed by atoms with E-state index in [1.165, 1.54) is 13.8 Å². The number of hydrogen-bond donors (Lipinski definition) is 3. The van der Waals surface area contributed by atoms with Crippen LogP contribution in [0.3, 0.4) is 0 Å². The lowest BCUT2D eigenvalue weighted by atomic mass is 10.1. The molecule has 3 aliphatic heterocycles. The predicted octanol–water partition coefficient (Wildman–Crippen LogP) is 1.52. The molecule has 6 atom stereocenters. The number of aliphatic hydroxyl groups is 1. The molecule has 0 aliphatic carbocycles. The van der Waals surface area contributed by atoms with Gasteiger partial charge in [0.05, 0.1) is 6.61 Å². The fourth-order valence-electron chi connectivity index (χ4n) is 5.45. The number of Topliss-reactive ketones (excluding diaryl/α,β-unsaturated/α-hetero) is 1. The van der Waals surface area contributed by atoms with E-state index in [2.05, 4.69) is 15.0 Å². The molecule has 4 N–H and O–H groups in total. The van der Waals surface area contributed by atoms with Crippen LogP contribution in [0.25, 0.3) is 11.2 Å². The van der Waals surface area contributed by atoms with Gasteiger partial charge in [-0.1, -0.05) is 13.8 Å². The maximum Gasteiger partial charge on any atom is 0.500 e. The number of alkyl halides is 3. The number of carbonyl (C=O) groups is 1. The highest BCUT2D eigenvalue weighted by molar-refractivity contribution is 7.93. The first-order valence-corrected chi connectivity index (χ1v) is 15.7. The van der Waals surface area contributed by atoms with Gasteiger partial charge < -0.3 is 34.5 Å². The van der Waals surface area contributed by atoms with Crippen LogP contribution in [-0.2, 0) is 33.5 Å². The largest absolute Gasteiger partial charge is 0.500 e. The number of ketones is 1. The number of nitrogens with one attached hydrogen (secondary N) is 1. The van der Waals surface area contributed by atoms with Gasteiger partial charge in [-0.2, -0.15) is 18.2 Å². The first-order valence-electron chi connectivity index (χ1n) is 14.2. The molecular formula is C25H34F3N5O10S. The SMILES string of the molecule is CC(C)C(=O)c1nc2c(=O)[nH]c(N)nc2n1[C@@H]1O[C@H](COC2CCCCO2)[C@@H](OC2CCCCO2)[C@@]1(O)S(=O)(=O)C(F)(F)F. The van der Waals surface area contributed by atoms with Gasteiger partial charge >= 0.3 is 5.51 Å². The van der Waals surface area contributed by atoms with Gasteiger partial charge in [-0.05, 0) is 38.5 Å². The molecule has 0 bridgehead atoms. The first-order chi connectivity index (χ1) is 20.7. The molecule has 0 radical (unpaired) electrons. The van der Waals surface area contributed by atoms with E-state index in [0.29, 0.717) is 30.4 Å². The van der Waals surface area contributed by atoms with Gasteiger partial charge in [0.25, 0.3) is 15.4 Å². The third-order valence-electron chi connectivity index (χ3n) is 7.71. The second-order valence-corrected chi connectivity index (χ2v) is 13.3. The monoisotopic (exact) mass is 653 g/mol. The number of anilines is 1. The minimum atomic E-state index is -6.62. The number of nitrogen functional groups attached to an aromatic ring is 1. The highest BCUT2D eigenvalue weighted by Crippen LogP contribution is 2.50. The lowest BCUT2D eigenvalue weighted by Crippen LogP contribution is -2.59. The number of imidazole rings is 1. The highest BCUT2D eigenvalue weighted by Gasteiger charge is 2.73. The summed E-state index contributed by atoms with van der Waals surface area (Å²) in [6.45, 7) is 2.85. The summed E-state index contributed by atoms with van der Waals surface area (Å²) in [7, 11) is -6.62. The standard InChI is InChI=1S/C25H34F3N5O10S/c1-12(2)17(34)20-30-16-19(31-23(29)32-21(16)35)33(20)22-24(36,44(37,38)25(26,27)28)18(43-15-8-4-6-10-40-15)13(42-22)11-41-14-7-3-5-9-39-14/h12-15,18,22,36H,3-11H2,1-2H3,(H3,29,31,32,35)/t13-,14?,15?,18-,22-,24-/m1/s1. The van der Waals surface area contributed by atoms with E-state index in [9.17, 15) is 36.3 Å². The van der Waals surface area contributed by atoms with Crippen molar-refractivity contribution in [1.29, 1.82) is 0 Å². The van der Waals surface area contributed by atoms with Crippen LogP contribution in [0.5, 0.6) is 0 Å². The molecule has 5 rings (SSSR count). The number of rotatable bonds is 9. The Morgan fingerprint density at radius 1 is 1.16 bits per heavy atom. The molecule has 3 aliphatic rings. The lowest BCUT2D eigenvalue weighted by molar-refractivity contribution is -0.227. The number of fused-ring (bicyclic) bond motifs is 1. The number of carbonyl (C=O) groups excluding carboxylic acids is 1. The fourth-order valence-corrected chi connectivity index (χ4v) is 6.76. The van der Waals surface area contributed by atoms with Crippen molar-refractivity contribution in [3.8, 4) is 0 Å². The molecule has 246 valence electrons.